The molecule has 2 aromatic rings. The first-order valence-electron chi connectivity index (χ1n) is 10.1. The van der Waals surface area contributed by atoms with Crippen LogP contribution < -0.4 is 0 Å². The normalized spacial score (nSPS) is 16.0. The van der Waals surface area contributed by atoms with Crippen molar-refractivity contribution in [1.82, 2.24) is 9.47 Å². The Morgan fingerprint density at radius 1 is 1.22 bits per heavy atom. The van der Waals surface area contributed by atoms with Crippen molar-refractivity contribution < 1.29 is 14.6 Å². The molecule has 1 heterocycles. The zero-order valence-electron chi connectivity index (χ0n) is 17.0. The van der Waals surface area contributed by atoms with Crippen molar-refractivity contribution in [3.63, 3.8) is 0 Å². The third-order valence-electron chi connectivity index (χ3n) is 5.64. The summed E-state index contributed by atoms with van der Waals surface area (Å²) in [6.07, 6.45) is 7.29. The Morgan fingerprint density at radius 2 is 1.89 bits per heavy atom. The largest absolute Gasteiger partial charge is 0.508 e. The van der Waals surface area contributed by atoms with E-state index in [1.54, 1.807) is 6.07 Å². The van der Waals surface area contributed by atoms with Crippen LogP contribution in [0.5, 0.6) is 5.75 Å². The molecule has 1 saturated carbocycles. The number of carbonyl (C=O) groups is 1. The molecule has 1 fully saturated rings. The molecule has 148 valence electrons. The lowest BCUT2D eigenvalue weighted by atomic mass is 10.0. The summed E-state index contributed by atoms with van der Waals surface area (Å²) in [6.45, 7) is 4.77. The highest BCUT2D eigenvalue weighted by atomic mass is 16.5. The van der Waals surface area contributed by atoms with Crippen LogP contribution in [0.25, 0.3) is 10.9 Å². The molecule has 0 aliphatic heterocycles. The predicted octanol–water partition coefficient (Wildman–Crippen LogP) is 4.79. The lowest BCUT2D eigenvalue weighted by molar-refractivity contribution is 0.0527. The Kier molecular flexibility index (Phi) is 6.10. The fourth-order valence-electron chi connectivity index (χ4n) is 4.50. The van der Waals surface area contributed by atoms with Gasteiger partial charge in [0, 0.05) is 34.7 Å². The monoisotopic (exact) mass is 372 g/mol. The van der Waals surface area contributed by atoms with E-state index in [-0.39, 0.29) is 11.7 Å². The standard InChI is InChI=1S/C22H32N2O3/c1-5-27-22(26)20-15(2)24(16-10-8-6-7-9-11-16)18-12-13-19(25)17(21(18)20)14-23(3)4/h12-13,16,25H,5-11,14H2,1-4H3. The van der Waals surface area contributed by atoms with E-state index < -0.39 is 0 Å². The Morgan fingerprint density at radius 3 is 2.48 bits per heavy atom. The van der Waals surface area contributed by atoms with Crippen molar-refractivity contribution in [2.75, 3.05) is 20.7 Å². The van der Waals surface area contributed by atoms with Gasteiger partial charge in [0.25, 0.3) is 0 Å². The molecule has 0 spiro atoms. The molecule has 3 rings (SSSR count). The van der Waals surface area contributed by atoms with E-state index in [1.165, 1.54) is 25.7 Å². The Bertz CT molecular complexity index is 815. The number of fused-ring (bicyclic) bond motifs is 1. The van der Waals surface area contributed by atoms with Gasteiger partial charge in [-0.15, -0.1) is 0 Å². The van der Waals surface area contributed by atoms with E-state index >= 15 is 0 Å². The summed E-state index contributed by atoms with van der Waals surface area (Å²) in [5.74, 6) is -0.0576. The molecule has 1 aromatic carbocycles. The molecule has 1 aromatic heterocycles. The summed E-state index contributed by atoms with van der Waals surface area (Å²) in [7, 11) is 3.94. The average molecular weight is 373 g/mol. The van der Waals surface area contributed by atoms with Gasteiger partial charge < -0.3 is 19.3 Å². The molecule has 0 unspecified atom stereocenters. The van der Waals surface area contributed by atoms with E-state index in [0.29, 0.717) is 24.8 Å². The van der Waals surface area contributed by atoms with E-state index in [0.717, 1.165) is 35.0 Å². The van der Waals surface area contributed by atoms with Gasteiger partial charge in [-0.1, -0.05) is 25.7 Å². The van der Waals surface area contributed by atoms with E-state index in [2.05, 4.69) is 4.57 Å². The molecule has 1 aliphatic rings. The van der Waals surface area contributed by atoms with Gasteiger partial charge in [0.2, 0.25) is 0 Å². The van der Waals surface area contributed by atoms with Gasteiger partial charge >= 0.3 is 5.97 Å². The number of hydrogen-bond donors (Lipinski definition) is 1. The second kappa shape index (κ2) is 8.34. The summed E-state index contributed by atoms with van der Waals surface area (Å²) in [5, 5.41) is 11.4. The number of carbonyl (C=O) groups excluding carboxylic acids is 1. The number of hydrogen-bond acceptors (Lipinski definition) is 4. The van der Waals surface area contributed by atoms with E-state index in [9.17, 15) is 9.90 Å². The molecule has 5 heteroatoms. The first-order chi connectivity index (χ1) is 13.0. The number of nitrogens with zero attached hydrogens (tertiary/aromatic N) is 2. The molecule has 0 radical (unpaired) electrons. The zero-order chi connectivity index (χ0) is 19.6. The van der Waals surface area contributed by atoms with Crippen LogP contribution in [0.4, 0.5) is 0 Å². The van der Waals surface area contributed by atoms with Crippen LogP contribution in [-0.2, 0) is 11.3 Å². The third-order valence-corrected chi connectivity index (χ3v) is 5.64. The Labute approximate surface area is 161 Å². The SMILES string of the molecule is CCOC(=O)c1c(C)n(C2CCCCCC2)c2ccc(O)c(CN(C)C)c12. The summed E-state index contributed by atoms with van der Waals surface area (Å²) in [6, 6.07) is 4.13. The van der Waals surface area contributed by atoms with Gasteiger partial charge in [-0.05, 0) is 52.9 Å². The van der Waals surface area contributed by atoms with Crippen molar-refractivity contribution in [3.05, 3.63) is 29.0 Å². The van der Waals surface area contributed by atoms with Gasteiger partial charge in [-0.25, -0.2) is 4.79 Å². The molecule has 1 aliphatic carbocycles. The summed E-state index contributed by atoms with van der Waals surface area (Å²) in [4.78, 5) is 14.9. The van der Waals surface area contributed by atoms with Crippen LogP contribution >= 0.6 is 0 Å². The Hall–Kier alpha value is -2.01. The molecule has 0 amide bonds. The van der Waals surface area contributed by atoms with Crippen LogP contribution in [0.1, 0.15) is 73.1 Å². The highest BCUT2D eigenvalue weighted by Crippen LogP contribution is 2.39. The lowest BCUT2D eigenvalue weighted by Gasteiger charge is -2.20. The number of benzene rings is 1. The van der Waals surface area contributed by atoms with Crippen LogP contribution in [0.15, 0.2) is 12.1 Å². The van der Waals surface area contributed by atoms with Crippen molar-refractivity contribution in [1.29, 1.82) is 0 Å². The maximum atomic E-state index is 12.9. The Balaban J connectivity index is 2.27. The van der Waals surface area contributed by atoms with Crippen molar-refractivity contribution in [2.45, 2.75) is 65.0 Å². The van der Waals surface area contributed by atoms with Gasteiger partial charge in [0.15, 0.2) is 0 Å². The smallest absolute Gasteiger partial charge is 0.340 e. The zero-order valence-corrected chi connectivity index (χ0v) is 17.0. The topological polar surface area (TPSA) is 54.7 Å². The maximum Gasteiger partial charge on any atom is 0.340 e. The van der Waals surface area contributed by atoms with Gasteiger partial charge in [-0.3, -0.25) is 0 Å². The quantitative estimate of drug-likeness (QED) is 0.606. The fourth-order valence-corrected chi connectivity index (χ4v) is 4.50. The number of esters is 1. The van der Waals surface area contributed by atoms with Gasteiger partial charge in [0.05, 0.1) is 12.2 Å². The van der Waals surface area contributed by atoms with E-state index in [4.69, 9.17) is 4.74 Å². The second-order valence-corrected chi connectivity index (χ2v) is 7.89. The van der Waals surface area contributed by atoms with Gasteiger partial charge in [-0.2, -0.15) is 0 Å². The average Bonchev–Trinajstić information content (AvgIpc) is 2.77. The van der Waals surface area contributed by atoms with E-state index in [1.807, 2.05) is 38.9 Å². The van der Waals surface area contributed by atoms with Crippen molar-refractivity contribution in [3.8, 4) is 5.75 Å². The molecular weight excluding hydrogens is 340 g/mol. The molecular formula is C22H32N2O3. The number of phenols is 1. The highest BCUT2D eigenvalue weighted by molar-refractivity contribution is 6.08. The van der Waals surface area contributed by atoms with Gasteiger partial charge in [0.1, 0.15) is 5.75 Å². The van der Waals surface area contributed by atoms with Crippen LogP contribution in [0.2, 0.25) is 0 Å². The first-order valence-corrected chi connectivity index (χ1v) is 10.1. The molecule has 1 N–H and O–H groups in total. The molecule has 27 heavy (non-hydrogen) atoms. The minimum Gasteiger partial charge on any atom is -0.508 e. The van der Waals surface area contributed by atoms with Crippen LogP contribution in [0.3, 0.4) is 0 Å². The summed E-state index contributed by atoms with van der Waals surface area (Å²) in [5.41, 5.74) is 3.41. The fraction of sp³-hybridized carbons (Fsp3) is 0.591. The third kappa shape index (κ3) is 3.84. The van der Waals surface area contributed by atoms with Crippen molar-refractivity contribution >= 4 is 16.9 Å². The maximum absolute atomic E-state index is 12.9. The first kappa shape index (κ1) is 19.7. The highest BCUT2D eigenvalue weighted by Gasteiger charge is 2.28. The summed E-state index contributed by atoms with van der Waals surface area (Å²) < 4.78 is 7.73. The molecule has 0 saturated heterocycles. The van der Waals surface area contributed by atoms with Crippen LogP contribution in [0, 0.1) is 6.92 Å². The minimum atomic E-state index is -0.294. The molecule has 5 nitrogen and oxygen atoms in total. The van der Waals surface area contributed by atoms with Crippen LogP contribution in [-0.4, -0.2) is 41.2 Å². The molecule has 0 bridgehead atoms. The number of aromatic hydroxyl groups is 1. The lowest BCUT2D eigenvalue weighted by Crippen LogP contribution is -2.12. The second-order valence-electron chi connectivity index (χ2n) is 7.89. The van der Waals surface area contributed by atoms with Crippen molar-refractivity contribution in [2.24, 2.45) is 0 Å². The minimum absolute atomic E-state index is 0.236. The summed E-state index contributed by atoms with van der Waals surface area (Å²) >= 11 is 0. The number of rotatable bonds is 5. The molecule has 0 atom stereocenters. The number of ether oxygens (including phenoxy) is 1. The predicted molar refractivity (Wildman–Crippen MR) is 108 cm³/mol. The number of aromatic nitrogens is 1. The number of phenolic OH excluding ortho intramolecular Hbond substituents is 1.